The maximum atomic E-state index is 12.6. The van der Waals surface area contributed by atoms with Gasteiger partial charge in [-0.05, 0) is 57.2 Å². The molecule has 1 N–H and O–H groups in total. The van der Waals surface area contributed by atoms with Gasteiger partial charge in [-0.25, -0.2) is 4.79 Å². The largest absolute Gasteiger partial charge is 0.497 e. The van der Waals surface area contributed by atoms with Gasteiger partial charge < -0.3 is 24.8 Å². The molecule has 2 fully saturated rings. The molecule has 0 radical (unpaired) electrons. The number of urea groups is 1. The van der Waals surface area contributed by atoms with E-state index in [0.717, 1.165) is 37.4 Å². The summed E-state index contributed by atoms with van der Waals surface area (Å²) in [5.74, 6) is 0.785. The predicted molar refractivity (Wildman–Crippen MR) is 101 cm³/mol. The summed E-state index contributed by atoms with van der Waals surface area (Å²) in [4.78, 5) is 30.7. The number of rotatable bonds is 4. The first-order valence-corrected chi connectivity index (χ1v) is 9.14. The van der Waals surface area contributed by atoms with Gasteiger partial charge in [0.05, 0.1) is 13.2 Å². The molecule has 0 bridgehead atoms. The van der Waals surface area contributed by atoms with Gasteiger partial charge in [0.15, 0.2) is 0 Å². The fourth-order valence-electron chi connectivity index (χ4n) is 3.64. The summed E-state index contributed by atoms with van der Waals surface area (Å²) in [5.41, 5.74) is 0.830. The molecule has 2 aliphatic rings. The van der Waals surface area contributed by atoms with Crippen molar-refractivity contribution in [2.45, 2.75) is 31.3 Å². The zero-order chi connectivity index (χ0) is 18.7. The summed E-state index contributed by atoms with van der Waals surface area (Å²) >= 11 is 0. The molecule has 1 aromatic rings. The lowest BCUT2D eigenvalue weighted by molar-refractivity contribution is -0.117. The molecule has 0 aromatic heterocycles. The number of nitrogens with one attached hydrogen (secondary N) is 1. The zero-order valence-corrected chi connectivity index (χ0v) is 15.8. The summed E-state index contributed by atoms with van der Waals surface area (Å²) in [5, 5.41) is 3.03. The average Bonchev–Trinajstić information content (AvgIpc) is 3.02. The molecule has 0 saturated carbocycles. The van der Waals surface area contributed by atoms with Crippen LogP contribution in [-0.2, 0) is 4.79 Å². The third-order valence-corrected chi connectivity index (χ3v) is 5.39. The number of hydrogen-bond donors (Lipinski definition) is 1. The van der Waals surface area contributed by atoms with Gasteiger partial charge in [-0.2, -0.15) is 0 Å². The lowest BCUT2D eigenvalue weighted by atomic mass is 10.0. The minimum atomic E-state index is -0.161. The van der Waals surface area contributed by atoms with Crippen molar-refractivity contribution in [3.8, 4) is 5.75 Å². The highest BCUT2D eigenvalue weighted by atomic mass is 16.5. The van der Waals surface area contributed by atoms with Crippen LogP contribution >= 0.6 is 0 Å². The maximum Gasteiger partial charge on any atom is 0.317 e. The minimum Gasteiger partial charge on any atom is -0.497 e. The SMILES string of the molecule is COc1ccc(N2CC(NC(=O)N(C)C3CCN(C)CC3)CC2=O)cc1. The van der Waals surface area contributed by atoms with Gasteiger partial charge in [-0.3, -0.25) is 4.79 Å². The summed E-state index contributed by atoms with van der Waals surface area (Å²) in [7, 11) is 5.57. The van der Waals surface area contributed by atoms with E-state index in [2.05, 4.69) is 17.3 Å². The molecule has 2 heterocycles. The highest BCUT2D eigenvalue weighted by Gasteiger charge is 2.33. The first-order valence-electron chi connectivity index (χ1n) is 9.14. The first kappa shape index (κ1) is 18.5. The van der Waals surface area contributed by atoms with E-state index in [0.29, 0.717) is 13.0 Å². The molecule has 0 spiro atoms. The molecule has 1 atom stereocenters. The van der Waals surface area contributed by atoms with Crippen LogP contribution < -0.4 is 15.0 Å². The Bertz CT molecular complexity index is 641. The molecule has 2 aliphatic heterocycles. The second kappa shape index (κ2) is 7.95. The van der Waals surface area contributed by atoms with E-state index in [1.165, 1.54) is 0 Å². The lowest BCUT2D eigenvalue weighted by Crippen LogP contribution is -2.50. The number of ether oxygens (including phenoxy) is 1. The Morgan fingerprint density at radius 1 is 1.23 bits per heavy atom. The quantitative estimate of drug-likeness (QED) is 0.885. The van der Waals surface area contributed by atoms with Crippen molar-refractivity contribution >= 4 is 17.6 Å². The standard InChI is InChI=1S/C19H28N4O3/c1-21-10-8-15(9-11-21)22(2)19(25)20-14-12-18(24)23(13-14)16-4-6-17(26-3)7-5-16/h4-7,14-15H,8-13H2,1-3H3,(H,20,25). The van der Waals surface area contributed by atoms with Gasteiger partial charge in [0.25, 0.3) is 0 Å². The van der Waals surface area contributed by atoms with Crippen LogP contribution in [0.1, 0.15) is 19.3 Å². The molecular formula is C19H28N4O3. The Morgan fingerprint density at radius 3 is 2.50 bits per heavy atom. The van der Waals surface area contributed by atoms with Gasteiger partial charge in [0, 0.05) is 31.7 Å². The fourth-order valence-corrected chi connectivity index (χ4v) is 3.64. The molecule has 26 heavy (non-hydrogen) atoms. The van der Waals surface area contributed by atoms with E-state index in [1.54, 1.807) is 16.9 Å². The number of carbonyl (C=O) groups excluding carboxylic acids is 2. The van der Waals surface area contributed by atoms with E-state index in [4.69, 9.17) is 4.74 Å². The highest BCUT2D eigenvalue weighted by molar-refractivity contribution is 5.96. The number of carbonyl (C=O) groups is 2. The smallest absolute Gasteiger partial charge is 0.317 e. The Morgan fingerprint density at radius 2 is 1.88 bits per heavy atom. The number of anilines is 1. The molecule has 142 valence electrons. The van der Waals surface area contributed by atoms with Crippen LogP contribution in [0.25, 0.3) is 0 Å². The predicted octanol–water partition coefficient (Wildman–Crippen LogP) is 1.54. The average molecular weight is 360 g/mol. The van der Waals surface area contributed by atoms with Crippen LogP contribution in [0.3, 0.4) is 0 Å². The van der Waals surface area contributed by atoms with Crippen LogP contribution in [0, 0.1) is 0 Å². The summed E-state index contributed by atoms with van der Waals surface area (Å²) in [6.07, 6.45) is 2.31. The van der Waals surface area contributed by atoms with Crippen molar-refractivity contribution in [2.24, 2.45) is 0 Å². The topological polar surface area (TPSA) is 65.1 Å². The Balaban J connectivity index is 1.55. The van der Waals surface area contributed by atoms with Gasteiger partial charge >= 0.3 is 6.03 Å². The van der Waals surface area contributed by atoms with Crippen LogP contribution in [-0.4, -0.2) is 74.7 Å². The molecule has 7 nitrogen and oxygen atoms in total. The normalized spacial score (nSPS) is 21.7. The summed E-state index contributed by atoms with van der Waals surface area (Å²) < 4.78 is 5.15. The molecule has 2 saturated heterocycles. The second-order valence-electron chi connectivity index (χ2n) is 7.20. The van der Waals surface area contributed by atoms with Crippen molar-refractivity contribution in [3.63, 3.8) is 0 Å². The Labute approximate surface area is 154 Å². The van der Waals surface area contributed by atoms with E-state index in [9.17, 15) is 9.59 Å². The maximum absolute atomic E-state index is 12.6. The minimum absolute atomic E-state index is 0.0300. The van der Waals surface area contributed by atoms with Gasteiger partial charge in [0.1, 0.15) is 5.75 Å². The number of methoxy groups -OCH3 is 1. The number of hydrogen-bond acceptors (Lipinski definition) is 4. The van der Waals surface area contributed by atoms with E-state index >= 15 is 0 Å². The van der Waals surface area contributed by atoms with Crippen LogP contribution in [0.2, 0.25) is 0 Å². The number of benzene rings is 1. The van der Waals surface area contributed by atoms with E-state index in [-0.39, 0.29) is 24.0 Å². The molecular weight excluding hydrogens is 332 g/mol. The van der Waals surface area contributed by atoms with Crippen molar-refractivity contribution in [3.05, 3.63) is 24.3 Å². The first-order chi connectivity index (χ1) is 12.5. The molecule has 7 heteroatoms. The lowest BCUT2D eigenvalue weighted by Gasteiger charge is -2.35. The Kier molecular flexibility index (Phi) is 5.66. The monoisotopic (exact) mass is 360 g/mol. The molecule has 0 aliphatic carbocycles. The molecule has 1 unspecified atom stereocenters. The van der Waals surface area contributed by atoms with Gasteiger partial charge in [0.2, 0.25) is 5.91 Å². The van der Waals surface area contributed by atoms with Crippen LogP contribution in [0.4, 0.5) is 10.5 Å². The molecule has 3 amide bonds. The van der Waals surface area contributed by atoms with Gasteiger partial charge in [-0.15, -0.1) is 0 Å². The summed E-state index contributed by atoms with van der Waals surface area (Å²) in [6.45, 7) is 2.52. The van der Waals surface area contributed by atoms with Gasteiger partial charge in [-0.1, -0.05) is 0 Å². The van der Waals surface area contributed by atoms with Crippen molar-refractivity contribution < 1.29 is 14.3 Å². The van der Waals surface area contributed by atoms with Crippen LogP contribution in [0.5, 0.6) is 5.75 Å². The number of nitrogens with zero attached hydrogens (tertiary/aromatic N) is 3. The summed E-state index contributed by atoms with van der Waals surface area (Å²) in [6, 6.07) is 7.42. The van der Waals surface area contributed by atoms with Crippen molar-refractivity contribution in [2.75, 3.05) is 45.7 Å². The third kappa shape index (κ3) is 4.09. The van der Waals surface area contributed by atoms with Crippen molar-refractivity contribution in [1.29, 1.82) is 0 Å². The number of piperidine rings is 1. The van der Waals surface area contributed by atoms with E-state index in [1.807, 2.05) is 31.3 Å². The van der Waals surface area contributed by atoms with Crippen LogP contribution in [0.15, 0.2) is 24.3 Å². The highest BCUT2D eigenvalue weighted by Crippen LogP contribution is 2.24. The Hall–Kier alpha value is -2.28. The van der Waals surface area contributed by atoms with Crippen molar-refractivity contribution in [1.82, 2.24) is 15.1 Å². The third-order valence-electron chi connectivity index (χ3n) is 5.39. The molecule has 1 aromatic carbocycles. The number of amides is 3. The second-order valence-corrected chi connectivity index (χ2v) is 7.20. The fraction of sp³-hybridized carbons (Fsp3) is 0.579. The molecule has 3 rings (SSSR count). The number of likely N-dealkylation sites (tertiary alicyclic amines) is 1. The van der Waals surface area contributed by atoms with E-state index < -0.39 is 0 Å². The zero-order valence-electron chi connectivity index (χ0n) is 15.8.